The topological polar surface area (TPSA) is 87.7 Å². The molecule has 19 heavy (non-hydrogen) atoms. The summed E-state index contributed by atoms with van der Waals surface area (Å²) >= 11 is 0. The normalized spacial score (nSPS) is 10.6. The average Bonchev–Trinajstić information content (AvgIpc) is 2.65. The molecule has 1 heterocycles. The summed E-state index contributed by atoms with van der Waals surface area (Å²) in [5.41, 5.74) is 7.24. The van der Waals surface area contributed by atoms with E-state index in [9.17, 15) is 9.18 Å². The Morgan fingerprint density at radius 2 is 2.00 bits per heavy atom. The van der Waals surface area contributed by atoms with Crippen LogP contribution < -0.4 is 11.3 Å². The van der Waals surface area contributed by atoms with Crippen LogP contribution in [0.2, 0.25) is 0 Å². The molecule has 0 bridgehead atoms. The first kappa shape index (κ1) is 13.1. The Morgan fingerprint density at radius 1 is 1.37 bits per heavy atom. The smallest absolute Gasteiger partial charge is 0.277 e. The van der Waals surface area contributed by atoms with Crippen molar-refractivity contribution in [2.75, 3.05) is 0 Å². The highest BCUT2D eigenvalue weighted by Crippen LogP contribution is 2.08. The van der Waals surface area contributed by atoms with E-state index in [-0.39, 0.29) is 17.3 Å². The first-order valence-electron chi connectivity index (χ1n) is 5.88. The molecule has 100 valence electrons. The molecular weight excluding hydrogens is 247 g/mol. The maximum atomic E-state index is 12.8. The Hall–Kier alpha value is -2.37. The summed E-state index contributed by atoms with van der Waals surface area (Å²) in [5, 5.41) is 10.0. The average molecular weight is 262 g/mol. The van der Waals surface area contributed by atoms with Crippen LogP contribution in [0.25, 0.3) is 0 Å². The number of nitrogens with one attached hydrogen (secondary N) is 2. The molecule has 0 saturated carbocycles. The quantitative estimate of drug-likeness (QED) is 0.572. The molecule has 5 nitrogen and oxygen atoms in total. The first-order valence-corrected chi connectivity index (χ1v) is 5.88. The zero-order chi connectivity index (χ0) is 14.0. The minimum absolute atomic E-state index is 0.277. The van der Waals surface area contributed by atoms with Gasteiger partial charge in [0.15, 0.2) is 0 Å². The van der Waals surface area contributed by atoms with Gasteiger partial charge < -0.3 is 5.73 Å². The van der Waals surface area contributed by atoms with Crippen LogP contribution in [0.1, 0.15) is 16.8 Å². The third-order valence-electron chi connectivity index (χ3n) is 3.01. The Bertz CT molecular complexity index is 654. The van der Waals surface area contributed by atoms with E-state index < -0.39 is 0 Å². The lowest BCUT2D eigenvalue weighted by atomic mass is 10.1. The number of nitrogens with two attached hydrogens (primary N) is 1. The lowest BCUT2D eigenvalue weighted by Crippen LogP contribution is -2.31. The summed E-state index contributed by atoms with van der Waals surface area (Å²) in [6.45, 7) is 1.76. The van der Waals surface area contributed by atoms with Gasteiger partial charge in [0.25, 0.3) is 5.56 Å². The Labute approximate surface area is 109 Å². The number of nitrogens with zero attached hydrogens (tertiary/aromatic N) is 1. The van der Waals surface area contributed by atoms with E-state index in [4.69, 9.17) is 11.1 Å². The van der Waals surface area contributed by atoms with Gasteiger partial charge in [-0.15, -0.1) is 0 Å². The highest BCUT2D eigenvalue weighted by atomic mass is 19.1. The summed E-state index contributed by atoms with van der Waals surface area (Å²) in [6.07, 6.45) is 1.15. The van der Waals surface area contributed by atoms with Crippen molar-refractivity contribution in [2.24, 2.45) is 5.73 Å². The maximum Gasteiger partial charge on any atom is 0.277 e. The number of benzene rings is 1. The minimum Gasteiger partial charge on any atom is -0.368 e. The van der Waals surface area contributed by atoms with Crippen LogP contribution in [0.3, 0.4) is 0 Å². The third-order valence-corrected chi connectivity index (χ3v) is 3.01. The highest BCUT2D eigenvalue weighted by molar-refractivity contribution is 5.76. The van der Waals surface area contributed by atoms with Gasteiger partial charge in [-0.3, -0.25) is 15.3 Å². The molecule has 2 aromatic rings. The molecule has 0 unspecified atom stereocenters. The van der Waals surface area contributed by atoms with Crippen molar-refractivity contribution in [1.29, 1.82) is 5.41 Å². The van der Waals surface area contributed by atoms with Crippen LogP contribution >= 0.6 is 0 Å². The highest BCUT2D eigenvalue weighted by Gasteiger charge is 2.12. The van der Waals surface area contributed by atoms with Gasteiger partial charge in [-0.2, -0.15) is 4.68 Å². The second-order valence-corrected chi connectivity index (χ2v) is 4.37. The molecule has 0 spiro atoms. The van der Waals surface area contributed by atoms with Crippen LogP contribution in [0, 0.1) is 18.2 Å². The molecule has 6 heteroatoms. The van der Waals surface area contributed by atoms with Gasteiger partial charge in [0.2, 0.25) is 5.96 Å². The maximum absolute atomic E-state index is 12.8. The predicted molar refractivity (Wildman–Crippen MR) is 70.9 cm³/mol. The van der Waals surface area contributed by atoms with Crippen LogP contribution in [0.15, 0.2) is 29.1 Å². The monoisotopic (exact) mass is 262 g/mol. The summed E-state index contributed by atoms with van der Waals surface area (Å²) in [6, 6.07) is 6.18. The molecule has 0 saturated heterocycles. The lowest BCUT2D eigenvalue weighted by Gasteiger charge is -2.00. The number of nitrogen functional groups attached to an aromatic ring is 1. The number of halogens is 1. The van der Waals surface area contributed by atoms with E-state index in [1.807, 2.05) is 0 Å². The van der Waals surface area contributed by atoms with Crippen molar-refractivity contribution >= 4 is 5.96 Å². The fraction of sp³-hybridized carbons (Fsp3) is 0.231. The predicted octanol–water partition coefficient (Wildman–Crippen LogP) is 1.15. The number of hydrogen-bond acceptors (Lipinski definition) is 2. The van der Waals surface area contributed by atoms with E-state index >= 15 is 0 Å². The molecule has 2 rings (SSSR count). The van der Waals surface area contributed by atoms with Gasteiger partial charge in [-0.25, -0.2) is 4.39 Å². The number of rotatable bonds is 3. The Kier molecular flexibility index (Phi) is 3.50. The zero-order valence-electron chi connectivity index (χ0n) is 10.5. The van der Waals surface area contributed by atoms with Crippen LogP contribution in [0.4, 0.5) is 4.39 Å². The van der Waals surface area contributed by atoms with Crippen molar-refractivity contribution < 1.29 is 4.39 Å². The third kappa shape index (κ3) is 2.73. The van der Waals surface area contributed by atoms with Crippen molar-refractivity contribution in [3.63, 3.8) is 0 Å². The Morgan fingerprint density at radius 3 is 2.53 bits per heavy atom. The second-order valence-electron chi connectivity index (χ2n) is 4.37. The van der Waals surface area contributed by atoms with Gasteiger partial charge in [0.05, 0.1) is 0 Å². The zero-order valence-corrected chi connectivity index (χ0v) is 10.5. The number of hydrogen-bond donors (Lipinski definition) is 3. The van der Waals surface area contributed by atoms with E-state index in [1.165, 1.54) is 12.1 Å². The SMILES string of the molecule is Cc1[nH]n(C(=N)N)c(=O)c1CCc1ccc(F)cc1. The molecule has 0 aliphatic carbocycles. The summed E-state index contributed by atoms with van der Waals surface area (Å²) in [5.74, 6) is -0.610. The van der Waals surface area contributed by atoms with E-state index in [1.54, 1.807) is 19.1 Å². The molecule has 0 radical (unpaired) electrons. The molecule has 0 amide bonds. The molecule has 0 fully saturated rings. The molecule has 0 aliphatic heterocycles. The lowest BCUT2D eigenvalue weighted by molar-refractivity contribution is 0.627. The molecule has 4 N–H and O–H groups in total. The second kappa shape index (κ2) is 5.09. The van der Waals surface area contributed by atoms with Crippen LogP contribution in [-0.2, 0) is 12.8 Å². The fourth-order valence-corrected chi connectivity index (χ4v) is 1.97. The largest absolute Gasteiger partial charge is 0.368 e. The van der Waals surface area contributed by atoms with E-state index in [0.717, 1.165) is 10.2 Å². The fourth-order valence-electron chi connectivity index (χ4n) is 1.97. The van der Waals surface area contributed by atoms with Crippen molar-refractivity contribution in [3.05, 3.63) is 57.3 Å². The minimum atomic E-state index is -0.332. The number of aryl methyl sites for hydroxylation is 2. The van der Waals surface area contributed by atoms with Gasteiger partial charge in [0.1, 0.15) is 5.82 Å². The Balaban J connectivity index is 2.18. The van der Waals surface area contributed by atoms with Gasteiger partial charge in [0, 0.05) is 11.3 Å². The van der Waals surface area contributed by atoms with Crippen molar-refractivity contribution in [1.82, 2.24) is 9.78 Å². The van der Waals surface area contributed by atoms with E-state index in [2.05, 4.69) is 5.10 Å². The van der Waals surface area contributed by atoms with Gasteiger partial charge in [-0.05, 0) is 37.5 Å². The van der Waals surface area contributed by atoms with Crippen molar-refractivity contribution in [3.8, 4) is 0 Å². The van der Waals surface area contributed by atoms with Crippen LogP contribution in [0.5, 0.6) is 0 Å². The molecule has 0 atom stereocenters. The molecule has 0 aliphatic rings. The van der Waals surface area contributed by atoms with Gasteiger partial charge >= 0.3 is 0 Å². The van der Waals surface area contributed by atoms with E-state index in [0.29, 0.717) is 24.1 Å². The summed E-state index contributed by atoms with van der Waals surface area (Å²) < 4.78 is 13.8. The summed E-state index contributed by atoms with van der Waals surface area (Å²) in [4.78, 5) is 12.0. The number of aromatic amines is 1. The number of aromatic nitrogens is 2. The first-order chi connectivity index (χ1) is 8.99. The molecule has 1 aromatic heterocycles. The number of H-pyrrole nitrogens is 1. The van der Waals surface area contributed by atoms with Gasteiger partial charge in [-0.1, -0.05) is 12.1 Å². The van der Waals surface area contributed by atoms with Crippen molar-refractivity contribution in [2.45, 2.75) is 19.8 Å². The summed E-state index contributed by atoms with van der Waals surface area (Å²) in [7, 11) is 0. The standard InChI is InChI=1S/C13H15FN4O/c1-8-11(12(19)18(17-8)13(15)16)7-4-9-2-5-10(14)6-3-9/h2-3,5-6,17H,4,7H2,1H3,(H3,15,16). The molecular formula is C13H15FN4O. The molecule has 1 aromatic carbocycles. The van der Waals surface area contributed by atoms with Crippen LogP contribution in [-0.4, -0.2) is 15.7 Å².